The van der Waals surface area contributed by atoms with Crippen LogP contribution in [0.1, 0.15) is 56.9 Å². The highest BCUT2D eigenvalue weighted by atomic mass is 32.2. The molecule has 40 heavy (non-hydrogen) atoms. The van der Waals surface area contributed by atoms with Crippen LogP contribution in [0, 0.1) is 11.8 Å². The second-order valence-electron chi connectivity index (χ2n) is 11.1. The van der Waals surface area contributed by atoms with Crippen molar-refractivity contribution in [3.8, 4) is 11.1 Å². The number of fused-ring (bicyclic) bond motifs is 1. The van der Waals surface area contributed by atoms with E-state index in [2.05, 4.69) is 51.4 Å². The lowest BCUT2D eigenvalue weighted by Gasteiger charge is -2.29. The number of aryl methyl sites for hydroxylation is 1. The monoisotopic (exact) mass is 557 g/mol. The molecule has 2 heterocycles. The summed E-state index contributed by atoms with van der Waals surface area (Å²) in [6, 6.07) is 21.4. The van der Waals surface area contributed by atoms with Crippen molar-refractivity contribution in [1.82, 2.24) is 14.9 Å². The average molecular weight is 558 g/mol. The van der Waals surface area contributed by atoms with Crippen LogP contribution in [0.15, 0.2) is 84.0 Å². The molecule has 1 amide bonds. The Hall–Kier alpha value is -3.45. The minimum atomic E-state index is -3.23. The molecule has 0 radical (unpaired) electrons. The van der Waals surface area contributed by atoms with Gasteiger partial charge in [0.15, 0.2) is 9.84 Å². The Labute approximate surface area is 237 Å². The van der Waals surface area contributed by atoms with E-state index < -0.39 is 9.84 Å². The number of rotatable bonds is 11. The summed E-state index contributed by atoms with van der Waals surface area (Å²) < 4.78 is 25.8. The molecule has 6 nitrogen and oxygen atoms in total. The van der Waals surface area contributed by atoms with Gasteiger partial charge in [0.2, 0.25) is 5.91 Å². The normalized spacial score (nSPS) is 15.2. The number of unbranched alkanes of at least 4 members (excludes halogenated alkanes) is 1. The van der Waals surface area contributed by atoms with Crippen molar-refractivity contribution in [2.75, 3.05) is 6.26 Å². The van der Waals surface area contributed by atoms with E-state index in [9.17, 15) is 13.2 Å². The number of pyridine rings is 1. The van der Waals surface area contributed by atoms with Gasteiger partial charge in [-0.2, -0.15) is 0 Å². The van der Waals surface area contributed by atoms with E-state index in [0.717, 1.165) is 55.2 Å². The molecule has 1 N–H and O–H groups in total. The fourth-order valence-electron chi connectivity index (χ4n) is 6.08. The van der Waals surface area contributed by atoms with Gasteiger partial charge in [-0.3, -0.25) is 4.79 Å². The maximum Gasteiger partial charge on any atom is 0.223 e. The number of nitrogens with one attached hydrogen (secondary N) is 1. The Balaban J connectivity index is 1.21. The SMILES string of the molecule is CS(=O)(=O)c1ccc(CNC(=O)C(CCCCn2cc(-c3ccccc3)c3cccnc32)C2CCCCC2)cc1. The Bertz CT molecular complexity index is 1520. The molecular weight excluding hydrogens is 518 g/mol. The number of aromatic nitrogens is 2. The van der Waals surface area contributed by atoms with E-state index in [-0.39, 0.29) is 11.8 Å². The topological polar surface area (TPSA) is 81.1 Å². The van der Waals surface area contributed by atoms with Gasteiger partial charge in [-0.05, 0) is 67.0 Å². The molecule has 4 aromatic rings. The zero-order chi connectivity index (χ0) is 28.0. The lowest BCUT2D eigenvalue weighted by molar-refractivity contribution is -0.127. The molecule has 2 aromatic heterocycles. The van der Waals surface area contributed by atoms with Crippen LogP contribution in [-0.2, 0) is 27.7 Å². The van der Waals surface area contributed by atoms with E-state index >= 15 is 0 Å². The van der Waals surface area contributed by atoms with Crippen molar-refractivity contribution >= 4 is 26.8 Å². The minimum absolute atomic E-state index is 0.00926. The summed E-state index contributed by atoms with van der Waals surface area (Å²) in [5.41, 5.74) is 4.31. The molecule has 210 valence electrons. The molecule has 0 bridgehead atoms. The molecule has 1 atom stereocenters. The van der Waals surface area contributed by atoms with Gasteiger partial charge >= 0.3 is 0 Å². The lowest BCUT2D eigenvalue weighted by Crippen LogP contribution is -2.35. The van der Waals surface area contributed by atoms with Crippen LogP contribution < -0.4 is 5.32 Å². The average Bonchev–Trinajstić information content (AvgIpc) is 3.35. The predicted molar refractivity (Wildman–Crippen MR) is 160 cm³/mol. The molecule has 0 saturated heterocycles. The highest BCUT2D eigenvalue weighted by Gasteiger charge is 2.29. The highest BCUT2D eigenvalue weighted by Crippen LogP contribution is 2.34. The van der Waals surface area contributed by atoms with Crippen molar-refractivity contribution in [2.45, 2.75) is 69.4 Å². The second-order valence-corrected chi connectivity index (χ2v) is 13.1. The number of sulfone groups is 1. The summed E-state index contributed by atoms with van der Waals surface area (Å²) >= 11 is 0. The Kier molecular flexibility index (Phi) is 9.00. The summed E-state index contributed by atoms with van der Waals surface area (Å²) in [5, 5.41) is 4.32. The molecule has 7 heteroatoms. The molecule has 0 spiro atoms. The Morgan fingerprint density at radius 2 is 1.73 bits per heavy atom. The molecule has 0 aliphatic heterocycles. The van der Waals surface area contributed by atoms with Crippen molar-refractivity contribution in [2.24, 2.45) is 11.8 Å². The quantitative estimate of drug-likeness (QED) is 0.206. The number of carbonyl (C=O) groups is 1. The third-order valence-corrected chi connectivity index (χ3v) is 9.39. The molecule has 1 saturated carbocycles. The van der Waals surface area contributed by atoms with Crippen LogP contribution in [-0.4, -0.2) is 30.1 Å². The first kappa shape index (κ1) is 28.1. The third-order valence-electron chi connectivity index (χ3n) is 8.26. The van der Waals surface area contributed by atoms with Gasteiger partial charge in [-0.1, -0.05) is 68.1 Å². The number of hydrogen-bond acceptors (Lipinski definition) is 4. The summed E-state index contributed by atoms with van der Waals surface area (Å²) in [5.74, 6) is 0.564. The van der Waals surface area contributed by atoms with E-state index in [4.69, 9.17) is 0 Å². The number of nitrogens with zero attached hydrogens (tertiary/aromatic N) is 2. The zero-order valence-corrected chi connectivity index (χ0v) is 24.1. The van der Waals surface area contributed by atoms with Gasteiger partial charge in [-0.25, -0.2) is 13.4 Å². The van der Waals surface area contributed by atoms with Crippen LogP contribution in [0.5, 0.6) is 0 Å². The highest BCUT2D eigenvalue weighted by molar-refractivity contribution is 7.90. The summed E-state index contributed by atoms with van der Waals surface area (Å²) in [4.78, 5) is 18.4. The zero-order valence-electron chi connectivity index (χ0n) is 23.3. The Morgan fingerprint density at radius 1 is 0.975 bits per heavy atom. The maximum absolute atomic E-state index is 13.4. The summed E-state index contributed by atoms with van der Waals surface area (Å²) in [7, 11) is -3.23. The minimum Gasteiger partial charge on any atom is -0.352 e. The van der Waals surface area contributed by atoms with E-state index in [1.807, 2.05) is 18.3 Å². The molecule has 1 aliphatic carbocycles. The fraction of sp³-hybridized carbons (Fsp3) is 0.394. The Morgan fingerprint density at radius 3 is 2.45 bits per heavy atom. The van der Waals surface area contributed by atoms with Gasteiger partial charge in [-0.15, -0.1) is 0 Å². The van der Waals surface area contributed by atoms with Gasteiger partial charge in [0, 0.05) is 48.6 Å². The van der Waals surface area contributed by atoms with Gasteiger partial charge in [0.25, 0.3) is 0 Å². The smallest absolute Gasteiger partial charge is 0.223 e. The van der Waals surface area contributed by atoms with Crippen molar-refractivity contribution in [3.05, 3.63) is 84.7 Å². The first-order chi connectivity index (χ1) is 19.4. The number of carbonyl (C=O) groups excluding carboxylic acids is 1. The van der Waals surface area contributed by atoms with Crippen molar-refractivity contribution in [3.63, 3.8) is 0 Å². The molecule has 1 unspecified atom stereocenters. The molecular formula is C33H39N3O3S. The predicted octanol–water partition coefficient (Wildman–Crippen LogP) is 6.79. The summed E-state index contributed by atoms with van der Waals surface area (Å²) in [6.07, 6.45) is 14.0. The van der Waals surface area contributed by atoms with Gasteiger partial charge < -0.3 is 9.88 Å². The molecule has 2 aromatic carbocycles. The second kappa shape index (κ2) is 12.8. The molecule has 1 fully saturated rings. The van der Waals surface area contributed by atoms with Crippen LogP contribution in [0.4, 0.5) is 0 Å². The van der Waals surface area contributed by atoms with E-state index in [0.29, 0.717) is 17.4 Å². The lowest BCUT2D eigenvalue weighted by atomic mass is 9.77. The van der Waals surface area contributed by atoms with E-state index in [1.165, 1.54) is 36.6 Å². The third kappa shape index (κ3) is 6.81. The summed E-state index contributed by atoms with van der Waals surface area (Å²) in [6.45, 7) is 1.28. The maximum atomic E-state index is 13.4. The number of amides is 1. The number of hydrogen-bond donors (Lipinski definition) is 1. The van der Waals surface area contributed by atoms with Gasteiger partial charge in [0.05, 0.1) is 4.90 Å². The number of benzene rings is 2. The molecule has 1 aliphatic rings. The molecule has 5 rings (SSSR count). The first-order valence-corrected chi connectivity index (χ1v) is 16.4. The van der Waals surface area contributed by atoms with Crippen LogP contribution >= 0.6 is 0 Å². The van der Waals surface area contributed by atoms with E-state index in [1.54, 1.807) is 24.3 Å². The fourth-order valence-corrected chi connectivity index (χ4v) is 6.71. The van der Waals surface area contributed by atoms with Crippen LogP contribution in [0.3, 0.4) is 0 Å². The van der Waals surface area contributed by atoms with Crippen LogP contribution in [0.25, 0.3) is 22.2 Å². The standard InChI is InChI=1S/C33H39N3O3S/c1-40(38,39)28-19-17-25(18-20-28)23-35-33(37)29(26-11-4-2-5-12-26)15-8-9-22-36-24-31(27-13-6-3-7-14-27)30-16-10-21-34-32(30)36/h3,6-7,10,13-14,16-21,24,26,29H,2,4-5,8-9,11-12,15,22-23H2,1H3,(H,35,37). The van der Waals surface area contributed by atoms with Crippen molar-refractivity contribution < 1.29 is 13.2 Å². The largest absolute Gasteiger partial charge is 0.352 e. The van der Waals surface area contributed by atoms with Crippen LogP contribution in [0.2, 0.25) is 0 Å². The van der Waals surface area contributed by atoms with Gasteiger partial charge in [0.1, 0.15) is 5.65 Å². The first-order valence-electron chi connectivity index (χ1n) is 14.5. The van der Waals surface area contributed by atoms with Crippen molar-refractivity contribution in [1.29, 1.82) is 0 Å².